The second-order valence-corrected chi connectivity index (χ2v) is 4.05. The first-order valence-electron chi connectivity index (χ1n) is 5.71. The van der Waals surface area contributed by atoms with Crippen molar-refractivity contribution in [1.29, 1.82) is 0 Å². The van der Waals surface area contributed by atoms with E-state index in [1.807, 2.05) is 31.2 Å². The summed E-state index contributed by atoms with van der Waals surface area (Å²) in [6.45, 7) is 2.56. The molecule has 17 heavy (non-hydrogen) atoms. The molecule has 1 heterocycles. The van der Waals surface area contributed by atoms with Gasteiger partial charge in [-0.2, -0.15) is 0 Å². The molecule has 4 N–H and O–H groups in total. The van der Waals surface area contributed by atoms with Crippen molar-refractivity contribution in [3.8, 4) is 5.75 Å². The molecular formula is C12H17N3O2. The Kier molecular flexibility index (Phi) is 3.49. The summed E-state index contributed by atoms with van der Waals surface area (Å²) in [6.07, 6.45) is 0.758. The van der Waals surface area contributed by atoms with E-state index in [1.165, 1.54) is 0 Å². The highest BCUT2D eigenvalue weighted by Gasteiger charge is 2.26. The Balaban J connectivity index is 2.11. The Morgan fingerprint density at radius 2 is 2.41 bits per heavy atom. The topological polar surface area (TPSA) is 79.9 Å². The van der Waals surface area contributed by atoms with Crippen molar-refractivity contribution in [2.75, 3.05) is 6.61 Å². The molecule has 0 saturated carbocycles. The van der Waals surface area contributed by atoms with E-state index in [0.717, 1.165) is 17.7 Å². The van der Waals surface area contributed by atoms with Gasteiger partial charge in [0.25, 0.3) is 0 Å². The van der Waals surface area contributed by atoms with Crippen LogP contribution in [0, 0.1) is 0 Å². The number of rotatable bonds is 4. The fourth-order valence-corrected chi connectivity index (χ4v) is 2.03. The minimum Gasteiger partial charge on any atom is -0.491 e. The van der Waals surface area contributed by atoms with Gasteiger partial charge in [-0.15, -0.1) is 0 Å². The van der Waals surface area contributed by atoms with Crippen molar-refractivity contribution in [3.63, 3.8) is 0 Å². The van der Waals surface area contributed by atoms with Crippen molar-refractivity contribution in [1.82, 2.24) is 5.32 Å². The van der Waals surface area contributed by atoms with Gasteiger partial charge in [-0.1, -0.05) is 30.3 Å². The molecule has 0 spiro atoms. The third kappa shape index (κ3) is 2.34. The molecule has 1 aliphatic rings. The van der Waals surface area contributed by atoms with Crippen LogP contribution in [0.3, 0.4) is 0 Å². The summed E-state index contributed by atoms with van der Waals surface area (Å²) in [7, 11) is 0. The van der Waals surface area contributed by atoms with Crippen LogP contribution in [0.4, 0.5) is 0 Å². The lowest BCUT2D eigenvalue weighted by atomic mass is 10.1. The molecule has 1 aromatic carbocycles. The second kappa shape index (κ2) is 5.05. The number of ether oxygens (including phenoxy) is 1. The molecule has 0 radical (unpaired) electrons. The zero-order valence-corrected chi connectivity index (χ0v) is 9.76. The molecule has 92 valence electrons. The zero-order chi connectivity index (χ0) is 12.3. The van der Waals surface area contributed by atoms with E-state index in [-0.39, 0.29) is 17.9 Å². The van der Waals surface area contributed by atoms with E-state index in [2.05, 4.69) is 10.5 Å². The fraction of sp³-hybridized carbons (Fsp3) is 0.417. The lowest BCUT2D eigenvalue weighted by Gasteiger charge is -2.19. The van der Waals surface area contributed by atoms with E-state index < -0.39 is 0 Å². The van der Waals surface area contributed by atoms with Gasteiger partial charge < -0.3 is 15.7 Å². The number of hydrogen-bond donors (Lipinski definition) is 3. The van der Waals surface area contributed by atoms with E-state index in [9.17, 15) is 0 Å². The van der Waals surface area contributed by atoms with Crippen molar-refractivity contribution in [2.24, 2.45) is 10.9 Å². The third-order valence-electron chi connectivity index (χ3n) is 2.98. The summed E-state index contributed by atoms with van der Waals surface area (Å²) in [5.41, 5.74) is 6.74. The van der Waals surface area contributed by atoms with Gasteiger partial charge in [0, 0.05) is 5.56 Å². The van der Waals surface area contributed by atoms with Crippen LogP contribution in [0.15, 0.2) is 29.4 Å². The molecule has 5 heteroatoms. The van der Waals surface area contributed by atoms with Crippen molar-refractivity contribution < 1.29 is 9.94 Å². The third-order valence-corrected chi connectivity index (χ3v) is 2.98. The average Bonchev–Trinajstić information content (AvgIpc) is 2.78. The van der Waals surface area contributed by atoms with Gasteiger partial charge in [-0.3, -0.25) is 5.32 Å². The number of para-hydroxylation sites is 1. The van der Waals surface area contributed by atoms with Crippen LogP contribution < -0.4 is 15.8 Å². The Morgan fingerprint density at radius 3 is 3.12 bits per heavy atom. The smallest absolute Gasteiger partial charge is 0.156 e. The van der Waals surface area contributed by atoms with Crippen LogP contribution in [0.25, 0.3) is 0 Å². The van der Waals surface area contributed by atoms with Crippen LogP contribution >= 0.6 is 0 Å². The number of nitrogens with two attached hydrogens (primary N) is 1. The van der Waals surface area contributed by atoms with Gasteiger partial charge in [0.2, 0.25) is 0 Å². The van der Waals surface area contributed by atoms with Gasteiger partial charge in [0.15, 0.2) is 5.84 Å². The Labute approximate surface area is 100 Å². The Bertz CT molecular complexity index is 420. The predicted molar refractivity (Wildman–Crippen MR) is 65.3 cm³/mol. The van der Waals surface area contributed by atoms with E-state index >= 15 is 0 Å². The highest BCUT2D eigenvalue weighted by atomic mass is 16.5. The van der Waals surface area contributed by atoms with Crippen LogP contribution in [0.1, 0.15) is 24.9 Å². The second-order valence-electron chi connectivity index (χ2n) is 4.05. The van der Waals surface area contributed by atoms with Crippen LogP contribution in [0.5, 0.6) is 5.75 Å². The average molecular weight is 235 g/mol. The molecule has 0 aliphatic carbocycles. The first-order valence-corrected chi connectivity index (χ1v) is 5.71. The summed E-state index contributed by atoms with van der Waals surface area (Å²) < 4.78 is 5.56. The molecule has 1 aliphatic heterocycles. The minimum atomic E-state index is -0.139. The molecule has 0 aromatic heterocycles. The van der Waals surface area contributed by atoms with Crippen LogP contribution in [-0.4, -0.2) is 23.7 Å². The summed E-state index contributed by atoms with van der Waals surface area (Å²) >= 11 is 0. The van der Waals surface area contributed by atoms with E-state index in [1.54, 1.807) is 0 Å². The molecule has 2 rings (SSSR count). The molecule has 1 aromatic rings. The number of amidine groups is 1. The van der Waals surface area contributed by atoms with Crippen molar-refractivity contribution >= 4 is 5.84 Å². The first kappa shape index (κ1) is 11.7. The van der Waals surface area contributed by atoms with Gasteiger partial charge in [0.1, 0.15) is 12.4 Å². The number of benzene rings is 1. The summed E-state index contributed by atoms with van der Waals surface area (Å²) in [5.74, 6) is 1.11. The van der Waals surface area contributed by atoms with Crippen LogP contribution in [-0.2, 0) is 0 Å². The minimum absolute atomic E-state index is 0.0939. The molecule has 2 unspecified atom stereocenters. The van der Waals surface area contributed by atoms with Crippen molar-refractivity contribution in [3.05, 3.63) is 29.8 Å². The zero-order valence-electron chi connectivity index (χ0n) is 9.76. The lowest BCUT2D eigenvalue weighted by Crippen LogP contribution is -2.43. The SMILES string of the molecule is CCC(NC1COc2ccccc21)/C(N)=N/O. The quantitative estimate of drug-likeness (QED) is 0.317. The molecule has 0 fully saturated rings. The maximum absolute atomic E-state index is 8.70. The molecule has 0 bridgehead atoms. The number of nitrogens with one attached hydrogen (secondary N) is 1. The summed E-state index contributed by atoms with van der Waals surface area (Å²) in [4.78, 5) is 0. The number of hydrogen-bond acceptors (Lipinski definition) is 4. The van der Waals surface area contributed by atoms with Gasteiger partial charge in [0.05, 0.1) is 12.1 Å². The number of oxime groups is 1. The van der Waals surface area contributed by atoms with Crippen LogP contribution in [0.2, 0.25) is 0 Å². The Morgan fingerprint density at radius 1 is 1.65 bits per heavy atom. The standard InChI is InChI=1S/C12H17N3O2/c1-2-9(12(13)15-16)14-10-7-17-11-6-4-3-5-8(10)11/h3-6,9-10,14,16H,2,7H2,1H3,(H2,13,15). The fourth-order valence-electron chi connectivity index (χ4n) is 2.03. The Hall–Kier alpha value is -1.75. The van der Waals surface area contributed by atoms with Gasteiger partial charge >= 0.3 is 0 Å². The monoisotopic (exact) mass is 235 g/mol. The number of nitrogens with zero attached hydrogens (tertiary/aromatic N) is 1. The summed E-state index contributed by atoms with van der Waals surface area (Å²) in [6, 6.07) is 7.85. The largest absolute Gasteiger partial charge is 0.491 e. The lowest BCUT2D eigenvalue weighted by molar-refractivity contribution is 0.297. The maximum Gasteiger partial charge on any atom is 0.156 e. The normalized spacial score (nSPS) is 20.8. The highest BCUT2D eigenvalue weighted by Crippen LogP contribution is 2.31. The van der Waals surface area contributed by atoms with E-state index in [4.69, 9.17) is 15.7 Å². The highest BCUT2D eigenvalue weighted by molar-refractivity contribution is 5.85. The molecule has 2 atom stereocenters. The molecule has 0 amide bonds. The van der Waals surface area contributed by atoms with Crippen molar-refractivity contribution in [2.45, 2.75) is 25.4 Å². The maximum atomic E-state index is 8.70. The van der Waals surface area contributed by atoms with Gasteiger partial charge in [-0.05, 0) is 12.5 Å². The van der Waals surface area contributed by atoms with E-state index in [0.29, 0.717) is 6.61 Å². The summed E-state index contributed by atoms with van der Waals surface area (Å²) in [5, 5.41) is 15.1. The number of fused-ring (bicyclic) bond motifs is 1. The van der Waals surface area contributed by atoms with Gasteiger partial charge in [-0.25, -0.2) is 0 Å². The molecule has 5 nitrogen and oxygen atoms in total. The first-order chi connectivity index (χ1) is 8.26. The molecule has 0 saturated heterocycles. The molecular weight excluding hydrogens is 218 g/mol. The predicted octanol–water partition coefficient (Wildman–Crippen LogP) is 1.23.